The van der Waals surface area contributed by atoms with Crippen molar-refractivity contribution in [2.45, 2.75) is 12.8 Å². The molecule has 8 heteroatoms. The van der Waals surface area contributed by atoms with E-state index in [2.05, 4.69) is 10.00 Å². The van der Waals surface area contributed by atoms with E-state index < -0.39 is 0 Å². The first kappa shape index (κ1) is 19.4. The van der Waals surface area contributed by atoms with Gasteiger partial charge < -0.3 is 14.7 Å². The number of amides is 2. The monoisotopic (exact) mass is 399 g/mol. The van der Waals surface area contributed by atoms with Gasteiger partial charge in [-0.05, 0) is 37.1 Å². The highest BCUT2D eigenvalue weighted by Crippen LogP contribution is 2.22. The molecular formula is C21H26FN5O2. The molecule has 0 unspecified atom stereocenters. The van der Waals surface area contributed by atoms with Crippen LogP contribution in [0.2, 0.25) is 0 Å². The second-order valence-corrected chi connectivity index (χ2v) is 7.78. The number of aryl methyl sites for hydroxylation is 1. The van der Waals surface area contributed by atoms with Gasteiger partial charge in [-0.2, -0.15) is 5.10 Å². The van der Waals surface area contributed by atoms with Crippen LogP contribution in [0, 0.1) is 11.7 Å². The van der Waals surface area contributed by atoms with Crippen molar-refractivity contribution in [2.75, 3.05) is 44.2 Å². The first-order valence-corrected chi connectivity index (χ1v) is 10.1. The Kier molecular flexibility index (Phi) is 5.51. The molecule has 1 atom stereocenters. The zero-order chi connectivity index (χ0) is 20.4. The van der Waals surface area contributed by atoms with Gasteiger partial charge in [-0.3, -0.25) is 14.3 Å². The number of rotatable bonds is 3. The fourth-order valence-electron chi connectivity index (χ4n) is 4.15. The number of anilines is 1. The molecule has 7 nitrogen and oxygen atoms in total. The van der Waals surface area contributed by atoms with E-state index in [0.29, 0.717) is 31.7 Å². The maximum absolute atomic E-state index is 13.1. The third kappa shape index (κ3) is 4.26. The van der Waals surface area contributed by atoms with Crippen molar-refractivity contribution in [3.05, 3.63) is 48.0 Å². The van der Waals surface area contributed by atoms with Crippen molar-refractivity contribution in [1.29, 1.82) is 0 Å². The lowest BCUT2D eigenvalue weighted by Gasteiger charge is -2.39. The molecule has 2 saturated heterocycles. The molecule has 1 aromatic heterocycles. The van der Waals surface area contributed by atoms with Crippen LogP contribution < -0.4 is 4.90 Å². The lowest BCUT2D eigenvalue weighted by atomic mass is 9.95. The van der Waals surface area contributed by atoms with Crippen molar-refractivity contribution in [1.82, 2.24) is 19.6 Å². The minimum atomic E-state index is -0.362. The van der Waals surface area contributed by atoms with Gasteiger partial charge >= 0.3 is 0 Å². The highest BCUT2D eigenvalue weighted by molar-refractivity contribution is 5.94. The first-order valence-electron chi connectivity index (χ1n) is 10.1. The number of nitrogens with zero attached hydrogens (tertiary/aromatic N) is 5. The average Bonchev–Trinajstić information content (AvgIpc) is 3.20. The average molecular weight is 399 g/mol. The highest BCUT2D eigenvalue weighted by atomic mass is 19.1. The summed E-state index contributed by atoms with van der Waals surface area (Å²) < 4.78 is 14.9. The van der Waals surface area contributed by atoms with Gasteiger partial charge in [0.05, 0.1) is 17.8 Å². The van der Waals surface area contributed by atoms with Crippen LogP contribution in [0.3, 0.4) is 0 Å². The van der Waals surface area contributed by atoms with E-state index >= 15 is 0 Å². The molecule has 2 amide bonds. The Bertz CT molecular complexity index is 873. The number of hydrogen-bond donors (Lipinski definition) is 0. The van der Waals surface area contributed by atoms with Crippen molar-refractivity contribution in [2.24, 2.45) is 13.0 Å². The summed E-state index contributed by atoms with van der Waals surface area (Å²) in [5.41, 5.74) is 1.54. The molecule has 3 heterocycles. The summed E-state index contributed by atoms with van der Waals surface area (Å²) in [6.07, 6.45) is 5.43. The zero-order valence-electron chi connectivity index (χ0n) is 16.6. The maximum atomic E-state index is 13.1. The molecule has 0 bridgehead atoms. The van der Waals surface area contributed by atoms with Gasteiger partial charge in [0.2, 0.25) is 5.91 Å². The van der Waals surface area contributed by atoms with Gasteiger partial charge in [0, 0.05) is 58.1 Å². The van der Waals surface area contributed by atoms with Crippen LogP contribution in [0.5, 0.6) is 0 Å². The fraction of sp³-hybridized carbons (Fsp3) is 0.476. The Labute approximate surface area is 169 Å². The SMILES string of the molecule is Cn1cc(N2CCN(C(=O)[C@H]3CCCN(C(=O)c4ccc(F)cc4)C3)CC2)cn1. The second-order valence-electron chi connectivity index (χ2n) is 7.78. The van der Waals surface area contributed by atoms with Crippen LogP contribution in [0.25, 0.3) is 0 Å². The molecule has 0 saturated carbocycles. The normalized spacial score (nSPS) is 20.1. The Hall–Kier alpha value is -2.90. The van der Waals surface area contributed by atoms with E-state index in [9.17, 15) is 14.0 Å². The highest BCUT2D eigenvalue weighted by Gasteiger charge is 2.33. The van der Waals surface area contributed by atoms with Gasteiger partial charge in [-0.25, -0.2) is 4.39 Å². The van der Waals surface area contributed by atoms with Crippen molar-refractivity contribution >= 4 is 17.5 Å². The lowest BCUT2D eigenvalue weighted by Crippen LogP contribution is -2.53. The molecule has 2 aromatic rings. The molecule has 0 N–H and O–H groups in total. The molecule has 2 aliphatic heterocycles. The zero-order valence-corrected chi connectivity index (χ0v) is 16.6. The topological polar surface area (TPSA) is 61.7 Å². The number of aromatic nitrogens is 2. The number of carbonyl (C=O) groups is 2. The predicted octanol–water partition coefficient (Wildman–Crippen LogP) is 1.76. The first-order chi connectivity index (χ1) is 14.0. The third-order valence-corrected chi connectivity index (χ3v) is 5.80. The number of piperazine rings is 1. The van der Waals surface area contributed by atoms with Crippen LogP contribution in [-0.2, 0) is 11.8 Å². The van der Waals surface area contributed by atoms with Crippen molar-refractivity contribution < 1.29 is 14.0 Å². The predicted molar refractivity (Wildman–Crippen MR) is 107 cm³/mol. The summed E-state index contributed by atoms with van der Waals surface area (Å²) in [7, 11) is 1.89. The summed E-state index contributed by atoms with van der Waals surface area (Å²) in [5, 5.41) is 4.21. The molecule has 0 aliphatic carbocycles. The summed E-state index contributed by atoms with van der Waals surface area (Å²) in [5.74, 6) is -0.534. The van der Waals surface area contributed by atoms with Crippen molar-refractivity contribution in [3.8, 4) is 0 Å². The summed E-state index contributed by atoms with van der Waals surface area (Å²) in [4.78, 5) is 31.7. The smallest absolute Gasteiger partial charge is 0.253 e. The van der Waals surface area contributed by atoms with Crippen LogP contribution in [0.4, 0.5) is 10.1 Å². The Balaban J connectivity index is 1.34. The van der Waals surface area contributed by atoms with Crippen LogP contribution >= 0.6 is 0 Å². The fourth-order valence-corrected chi connectivity index (χ4v) is 4.15. The Morgan fingerprint density at radius 3 is 2.41 bits per heavy atom. The molecule has 2 fully saturated rings. The van der Waals surface area contributed by atoms with Gasteiger partial charge in [-0.1, -0.05) is 0 Å². The molecule has 2 aliphatic rings. The van der Waals surface area contributed by atoms with Crippen molar-refractivity contribution in [3.63, 3.8) is 0 Å². The van der Waals surface area contributed by atoms with Gasteiger partial charge in [0.15, 0.2) is 0 Å². The molecule has 0 radical (unpaired) electrons. The number of likely N-dealkylation sites (tertiary alicyclic amines) is 1. The van der Waals surface area contributed by atoms with Crippen LogP contribution in [0.15, 0.2) is 36.7 Å². The molecule has 154 valence electrons. The number of carbonyl (C=O) groups excluding carboxylic acids is 2. The summed E-state index contributed by atoms with van der Waals surface area (Å²) >= 11 is 0. The van der Waals surface area contributed by atoms with Gasteiger partial charge in [-0.15, -0.1) is 0 Å². The largest absolute Gasteiger partial charge is 0.365 e. The molecule has 4 rings (SSSR count). The van der Waals surface area contributed by atoms with Gasteiger partial charge in [0.25, 0.3) is 5.91 Å². The van der Waals surface area contributed by atoms with Gasteiger partial charge in [0.1, 0.15) is 5.82 Å². The maximum Gasteiger partial charge on any atom is 0.253 e. The number of piperidine rings is 1. The second kappa shape index (κ2) is 8.23. The molecule has 1 aromatic carbocycles. The van der Waals surface area contributed by atoms with E-state index in [1.165, 1.54) is 24.3 Å². The third-order valence-electron chi connectivity index (χ3n) is 5.80. The standard InChI is InChI=1S/C21H26FN5O2/c1-24-15-19(13-23-24)25-9-11-26(12-10-25)21(29)17-3-2-8-27(14-17)20(28)16-4-6-18(22)7-5-16/h4-7,13,15,17H,2-3,8-12,14H2,1H3/t17-/m0/s1. The minimum absolute atomic E-state index is 0.132. The minimum Gasteiger partial charge on any atom is -0.365 e. The van der Waals surface area contributed by atoms with E-state index in [1.807, 2.05) is 24.3 Å². The Morgan fingerprint density at radius 2 is 1.76 bits per heavy atom. The van der Waals surface area contributed by atoms with E-state index in [-0.39, 0.29) is 23.5 Å². The summed E-state index contributed by atoms with van der Waals surface area (Å²) in [6.45, 7) is 3.98. The Morgan fingerprint density at radius 1 is 1.03 bits per heavy atom. The lowest BCUT2D eigenvalue weighted by molar-refractivity contribution is -0.137. The molecule has 29 heavy (non-hydrogen) atoms. The molecule has 0 spiro atoms. The van der Waals surface area contributed by atoms with E-state index in [4.69, 9.17) is 0 Å². The summed E-state index contributed by atoms with van der Waals surface area (Å²) in [6, 6.07) is 5.59. The van der Waals surface area contributed by atoms with Crippen LogP contribution in [0.1, 0.15) is 23.2 Å². The van der Waals surface area contributed by atoms with Crippen LogP contribution in [-0.4, -0.2) is 70.7 Å². The number of hydrogen-bond acceptors (Lipinski definition) is 4. The molecular weight excluding hydrogens is 373 g/mol. The number of benzene rings is 1. The quantitative estimate of drug-likeness (QED) is 0.789. The van der Waals surface area contributed by atoms with E-state index in [0.717, 1.165) is 31.6 Å². The van der Waals surface area contributed by atoms with E-state index in [1.54, 1.807) is 9.58 Å². The number of halogens is 1.